The van der Waals surface area contributed by atoms with Gasteiger partial charge in [-0.05, 0) is 41.3 Å². The van der Waals surface area contributed by atoms with Crippen LogP contribution in [-0.4, -0.2) is 74.9 Å². The molecule has 0 radical (unpaired) electrons. The summed E-state index contributed by atoms with van der Waals surface area (Å²) in [5, 5.41) is 45.5. The summed E-state index contributed by atoms with van der Waals surface area (Å²) >= 11 is 0. The number of aliphatic hydroxyl groups excluding tert-OH is 1. The number of aliphatic hydroxyl groups is 1. The molecule has 0 aliphatic heterocycles. The van der Waals surface area contributed by atoms with Gasteiger partial charge in [0.25, 0.3) is 0 Å². The predicted octanol–water partition coefficient (Wildman–Crippen LogP) is -0.212. The number of amides is 3. The quantitative estimate of drug-likeness (QED) is 0.158. The van der Waals surface area contributed by atoms with Crippen molar-refractivity contribution in [3.05, 3.63) is 59.7 Å². The van der Waals surface area contributed by atoms with Gasteiger partial charge in [0, 0.05) is 12.8 Å². The second-order valence-electron chi connectivity index (χ2n) is 9.36. The Bertz CT molecular complexity index is 1120. The fourth-order valence-corrected chi connectivity index (χ4v) is 3.72. The molecule has 2 rings (SSSR count). The molecule has 9 N–H and O–H groups in total. The highest BCUT2D eigenvalue weighted by molar-refractivity contribution is 5.94. The van der Waals surface area contributed by atoms with E-state index in [1.165, 1.54) is 24.3 Å². The molecule has 12 heteroatoms. The number of benzene rings is 2. The van der Waals surface area contributed by atoms with Crippen LogP contribution in [0, 0.1) is 5.92 Å². The van der Waals surface area contributed by atoms with Crippen LogP contribution in [0.3, 0.4) is 0 Å². The Labute approximate surface area is 226 Å². The zero-order valence-electron chi connectivity index (χ0n) is 21.8. The summed E-state index contributed by atoms with van der Waals surface area (Å²) in [6, 6.07) is 6.96. The van der Waals surface area contributed by atoms with E-state index in [2.05, 4.69) is 16.0 Å². The van der Waals surface area contributed by atoms with Crippen LogP contribution in [0.2, 0.25) is 0 Å². The van der Waals surface area contributed by atoms with E-state index in [1.54, 1.807) is 38.1 Å². The summed E-state index contributed by atoms with van der Waals surface area (Å²) in [5.41, 5.74) is 6.76. The number of hydrogen-bond acceptors (Lipinski definition) is 8. The van der Waals surface area contributed by atoms with E-state index in [1.807, 2.05) is 0 Å². The van der Waals surface area contributed by atoms with Crippen LogP contribution in [0.25, 0.3) is 0 Å². The second kappa shape index (κ2) is 14.7. The van der Waals surface area contributed by atoms with Gasteiger partial charge in [-0.15, -0.1) is 0 Å². The fraction of sp³-hybridized carbons (Fsp3) is 0.407. The third-order valence-corrected chi connectivity index (χ3v) is 6.33. The first-order chi connectivity index (χ1) is 18.4. The summed E-state index contributed by atoms with van der Waals surface area (Å²) in [5.74, 6) is -3.86. The van der Waals surface area contributed by atoms with Crippen molar-refractivity contribution in [1.82, 2.24) is 16.0 Å². The lowest BCUT2D eigenvalue weighted by atomic mass is 9.96. The number of phenols is 2. The van der Waals surface area contributed by atoms with Gasteiger partial charge in [-0.25, -0.2) is 4.79 Å². The van der Waals surface area contributed by atoms with Gasteiger partial charge >= 0.3 is 5.97 Å². The Balaban J connectivity index is 2.24. The SMILES string of the molecule is CCC(C)C(NC(=O)C(Cc1ccc(O)cc1)NC(=O)C(N)CO)C(=O)NC(Cc1ccc(O)cc1)C(=O)O. The number of rotatable bonds is 14. The van der Waals surface area contributed by atoms with Gasteiger partial charge in [0.2, 0.25) is 17.7 Å². The third-order valence-electron chi connectivity index (χ3n) is 6.33. The minimum Gasteiger partial charge on any atom is -0.508 e. The van der Waals surface area contributed by atoms with E-state index in [0.717, 1.165) is 0 Å². The summed E-state index contributed by atoms with van der Waals surface area (Å²) < 4.78 is 0. The number of aromatic hydroxyl groups is 2. The number of hydrogen-bond donors (Lipinski definition) is 8. The topological polar surface area (TPSA) is 211 Å². The Morgan fingerprint density at radius 1 is 0.769 bits per heavy atom. The van der Waals surface area contributed by atoms with Crippen molar-refractivity contribution >= 4 is 23.7 Å². The summed E-state index contributed by atoms with van der Waals surface area (Å²) in [6.07, 6.45) is 0.406. The summed E-state index contributed by atoms with van der Waals surface area (Å²) in [6.45, 7) is 2.88. The molecule has 0 fully saturated rings. The van der Waals surface area contributed by atoms with Gasteiger partial charge in [-0.1, -0.05) is 44.5 Å². The average molecular weight is 545 g/mol. The predicted molar refractivity (Wildman–Crippen MR) is 142 cm³/mol. The van der Waals surface area contributed by atoms with Crippen molar-refractivity contribution in [2.75, 3.05) is 6.61 Å². The molecule has 12 nitrogen and oxygen atoms in total. The largest absolute Gasteiger partial charge is 0.508 e. The van der Waals surface area contributed by atoms with E-state index < -0.39 is 60.4 Å². The number of nitrogens with two attached hydrogens (primary N) is 1. The number of carboxylic acids is 1. The second-order valence-corrected chi connectivity index (χ2v) is 9.36. The number of carbonyl (C=O) groups excluding carboxylic acids is 3. The molecule has 0 saturated carbocycles. The van der Waals surface area contributed by atoms with Crippen LogP contribution >= 0.6 is 0 Å². The highest BCUT2D eigenvalue weighted by Gasteiger charge is 2.33. The number of carboxylic acid groups (broad SMARTS) is 1. The van der Waals surface area contributed by atoms with Crippen LogP contribution in [-0.2, 0) is 32.0 Å². The van der Waals surface area contributed by atoms with E-state index in [-0.39, 0.29) is 24.3 Å². The van der Waals surface area contributed by atoms with Crippen molar-refractivity contribution in [3.63, 3.8) is 0 Å². The number of carbonyl (C=O) groups is 4. The number of phenolic OH excluding ortho intramolecular Hbond substituents is 2. The van der Waals surface area contributed by atoms with Crippen molar-refractivity contribution in [3.8, 4) is 11.5 Å². The van der Waals surface area contributed by atoms with Crippen LogP contribution in [0.15, 0.2) is 48.5 Å². The molecule has 5 unspecified atom stereocenters. The van der Waals surface area contributed by atoms with Crippen LogP contribution in [0.4, 0.5) is 0 Å². The van der Waals surface area contributed by atoms with E-state index in [0.29, 0.717) is 17.5 Å². The first-order valence-electron chi connectivity index (χ1n) is 12.5. The van der Waals surface area contributed by atoms with Gasteiger partial charge in [-0.3, -0.25) is 14.4 Å². The van der Waals surface area contributed by atoms with Gasteiger partial charge in [-0.2, -0.15) is 0 Å². The van der Waals surface area contributed by atoms with Crippen molar-refractivity contribution < 1.29 is 39.6 Å². The first-order valence-corrected chi connectivity index (χ1v) is 12.5. The molecule has 2 aromatic rings. The maximum absolute atomic E-state index is 13.3. The van der Waals surface area contributed by atoms with E-state index in [9.17, 15) is 39.6 Å². The van der Waals surface area contributed by atoms with Crippen LogP contribution in [0.1, 0.15) is 31.4 Å². The molecular formula is C27H36N4O8. The molecule has 0 spiro atoms. The lowest BCUT2D eigenvalue weighted by Crippen LogP contribution is -2.59. The molecule has 0 aromatic heterocycles. The Morgan fingerprint density at radius 2 is 1.23 bits per heavy atom. The molecule has 0 heterocycles. The molecule has 0 aliphatic rings. The number of nitrogens with one attached hydrogen (secondary N) is 3. The monoisotopic (exact) mass is 544 g/mol. The van der Waals surface area contributed by atoms with Crippen molar-refractivity contribution in [2.45, 2.75) is 57.3 Å². The first kappa shape index (κ1) is 31.1. The Morgan fingerprint density at radius 3 is 1.67 bits per heavy atom. The number of aliphatic carboxylic acids is 1. The zero-order valence-corrected chi connectivity index (χ0v) is 21.8. The minimum absolute atomic E-state index is 0.0105. The van der Waals surface area contributed by atoms with Gasteiger partial charge in [0.05, 0.1) is 6.61 Å². The summed E-state index contributed by atoms with van der Waals surface area (Å²) in [7, 11) is 0. The van der Waals surface area contributed by atoms with E-state index in [4.69, 9.17) is 5.73 Å². The van der Waals surface area contributed by atoms with Crippen LogP contribution < -0.4 is 21.7 Å². The molecule has 0 saturated heterocycles. The zero-order chi connectivity index (χ0) is 29.1. The Kier molecular flexibility index (Phi) is 11.7. The van der Waals surface area contributed by atoms with Crippen LogP contribution in [0.5, 0.6) is 11.5 Å². The highest BCUT2D eigenvalue weighted by atomic mass is 16.4. The summed E-state index contributed by atoms with van der Waals surface area (Å²) in [4.78, 5) is 50.8. The molecule has 0 bridgehead atoms. The normalized spacial score (nSPS) is 14.8. The standard InChI is InChI=1S/C27H36N4O8/c1-3-15(2)23(26(37)30-22(27(38)39)13-17-6-10-19(34)11-7-17)31-25(36)21(29-24(35)20(28)14-32)12-16-4-8-18(33)9-5-16/h4-11,15,20-23,32-34H,3,12-14,28H2,1-2H3,(H,29,35)(H,30,37)(H,31,36)(H,38,39). The maximum Gasteiger partial charge on any atom is 0.326 e. The fourth-order valence-electron chi connectivity index (χ4n) is 3.72. The lowest BCUT2D eigenvalue weighted by molar-refractivity contribution is -0.142. The molecule has 212 valence electrons. The molecule has 3 amide bonds. The highest BCUT2D eigenvalue weighted by Crippen LogP contribution is 2.15. The molecular weight excluding hydrogens is 508 g/mol. The molecule has 2 aromatic carbocycles. The minimum atomic E-state index is -1.31. The van der Waals surface area contributed by atoms with Gasteiger partial charge in [0.1, 0.15) is 35.7 Å². The van der Waals surface area contributed by atoms with Crippen molar-refractivity contribution in [1.29, 1.82) is 0 Å². The maximum atomic E-state index is 13.3. The van der Waals surface area contributed by atoms with Gasteiger partial charge < -0.3 is 42.1 Å². The molecule has 5 atom stereocenters. The third kappa shape index (κ3) is 9.58. The molecule has 0 aliphatic carbocycles. The van der Waals surface area contributed by atoms with E-state index >= 15 is 0 Å². The Hall–Kier alpha value is -4.16. The van der Waals surface area contributed by atoms with Gasteiger partial charge in [0.15, 0.2) is 0 Å². The molecule has 39 heavy (non-hydrogen) atoms. The lowest BCUT2D eigenvalue weighted by Gasteiger charge is -2.28. The van der Waals surface area contributed by atoms with Crippen molar-refractivity contribution in [2.24, 2.45) is 11.7 Å². The smallest absolute Gasteiger partial charge is 0.326 e. The average Bonchev–Trinajstić information content (AvgIpc) is 2.91.